The van der Waals surface area contributed by atoms with Gasteiger partial charge in [-0.2, -0.15) is 35.5 Å². The molecule has 3 aromatic carbocycles. The molecule has 184 valence electrons. The minimum atomic E-state index is -4.83. The summed E-state index contributed by atoms with van der Waals surface area (Å²) in [6.07, 6.45) is 0. The van der Waals surface area contributed by atoms with Gasteiger partial charge in [0.2, 0.25) is 0 Å². The summed E-state index contributed by atoms with van der Waals surface area (Å²) >= 11 is 0. The molecule has 3 rings (SSSR count). The number of hydrogen-bond donors (Lipinski definition) is 4. The maximum absolute atomic E-state index is 11.9. The number of rotatable bonds is 7. The highest BCUT2D eigenvalue weighted by molar-refractivity contribution is 7.86. The van der Waals surface area contributed by atoms with Crippen molar-refractivity contribution in [1.29, 1.82) is 0 Å². The van der Waals surface area contributed by atoms with Gasteiger partial charge in [0.05, 0.1) is 26.9 Å². The van der Waals surface area contributed by atoms with Gasteiger partial charge in [0.1, 0.15) is 16.3 Å². The molecule has 14 nitrogen and oxygen atoms in total. The molecule has 5 N–H and O–H groups in total. The highest BCUT2D eigenvalue weighted by atomic mass is 32.2. The Bertz CT molecular complexity index is 1650. The third-order valence-electron chi connectivity index (χ3n) is 4.20. The van der Waals surface area contributed by atoms with E-state index in [0.29, 0.717) is 0 Å². The zero-order chi connectivity index (χ0) is 26.0. The number of nitrogens with zero attached hydrogens (tertiary/aromatic N) is 4. The second kappa shape index (κ2) is 9.56. The fraction of sp³-hybridized carbons (Fsp3) is 0. The first-order valence-corrected chi connectivity index (χ1v) is 13.4. The second-order valence-corrected chi connectivity index (χ2v) is 10.9. The molecule has 0 spiro atoms. The average Bonchev–Trinajstić information content (AvgIpc) is 2.75. The summed E-state index contributed by atoms with van der Waals surface area (Å²) in [6, 6.07) is 11.0. The summed E-state index contributed by atoms with van der Waals surface area (Å²) in [4.78, 5) is -1.46. The molecule has 0 fully saturated rings. The number of benzene rings is 3. The van der Waals surface area contributed by atoms with Crippen LogP contribution in [-0.2, 0) is 30.4 Å². The van der Waals surface area contributed by atoms with Gasteiger partial charge in [0, 0.05) is 0 Å². The molecular weight excluding hydrogens is 526 g/mol. The van der Waals surface area contributed by atoms with Crippen molar-refractivity contribution < 1.29 is 38.9 Å². The van der Waals surface area contributed by atoms with Crippen LogP contribution >= 0.6 is 0 Å². The van der Waals surface area contributed by atoms with Crippen LogP contribution in [0.25, 0.3) is 0 Å². The van der Waals surface area contributed by atoms with E-state index >= 15 is 0 Å². The van der Waals surface area contributed by atoms with Gasteiger partial charge in [-0.3, -0.25) is 13.7 Å². The topological polar surface area (TPSA) is 239 Å². The molecule has 0 heterocycles. The van der Waals surface area contributed by atoms with E-state index in [1.54, 1.807) is 0 Å². The van der Waals surface area contributed by atoms with Crippen LogP contribution in [0.5, 0.6) is 0 Å². The molecule has 0 atom stereocenters. The zero-order valence-electron chi connectivity index (χ0n) is 17.2. The molecule has 0 aliphatic rings. The molecule has 0 aliphatic heterocycles. The molecule has 35 heavy (non-hydrogen) atoms. The predicted molar refractivity (Wildman–Crippen MR) is 122 cm³/mol. The van der Waals surface area contributed by atoms with E-state index in [0.717, 1.165) is 36.4 Å². The van der Waals surface area contributed by atoms with Crippen LogP contribution in [0.15, 0.2) is 95.8 Å². The van der Waals surface area contributed by atoms with E-state index in [-0.39, 0.29) is 38.2 Å². The lowest BCUT2D eigenvalue weighted by Crippen LogP contribution is -1.99. The standard InChI is InChI=1S/C18H15N5O9S3/c19-15-9-17(23-21-12-3-7-14(8-4-12)34(27,28)29)18(35(30,31)32)10-16(15)22-20-11-1-5-13(6-2-11)33(24,25)26/h1-10H,19H2,(H,24,25,26)(H,27,28,29)(H,30,31,32). The molecule has 17 heteroatoms. The number of anilines is 1. The smallest absolute Gasteiger partial charge is 0.296 e. The monoisotopic (exact) mass is 541 g/mol. The molecule has 0 amide bonds. The highest BCUT2D eigenvalue weighted by Crippen LogP contribution is 2.36. The van der Waals surface area contributed by atoms with Crippen LogP contribution in [0.4, 0.5) is 28.4 Å². The van der Waals surface area contributed by atoms with Crippen molar-refractivity contribution in [3.05, 3.63) is 60.7 Å². The van der Waals surface area contributed by atoms with Crippen LogP contribution in [0.1, 0.15) is 0 Å². The molecule has 0 unspecified atom stereocenters. The summed E-state index contributed by atoms with van der Waals surface area (Å²) in [7, 11) is -13.6. The summed E-state index contributed by atoms with van der Waals surface area (Å²) in [5.41, 5.74) is 5.47. The van der Waals surface area contributed by atoms with Crippen molar-refractivity contribution in [2.45, 2.75) is 14.7 Å². The molecule has 0 saturated carbocycles. The zero-order valence-corrected chi connectivity index (χ0v) is 19.6. The molecule has 0 saturated heterocycles. The van der Waals surface area contributed by atoms with Crippen LogP contribution in [0, 0.1) is 0 Å². The van der Waals surface area contributed by atoms with Crippen LogP contribution in [0.3, 0.4) is 0 Å². The van der Waals surface area contributed by atoms with Gasteiger partial charge in [-0.05, 0) is 60.7 Å². The average molecular weight is 542 g/mol. The Morgan fingerprint density at radius 2 is 0.943 bits per heavy atom. The van der Waals surface area contributed by atoms with Crippen molar-refractivity contribution in [3.63, 3.8) is 0 Å². The normalized spacial score (nSPS) is 13.0. The van der Waals surface area contributed by atoms with E-state index in [4.69, 9.17) is 14.8 Å². The SMILES string of the molecule is Nc1cc(N=Nc2ccc(S(=O)(=O)O)cc2)c(S(=O)(=O)O)cc1N=Nc1ccc(S(=O)(=O)O)cc1. The maximum Gasteiger partial charge on any atom is 0.296 e. The third-order valence-corrected chi connectivity index (χ3v) is 6.82. The maximum atomic E-state index is 11.9. The van der Waals surface area contributed by atoms with Gasteiger partial charge in [0.25, 0.3) is 30.4 Å². The summed E-state index contributed by atoms with van der Waals surface area (Å²) in [6.45, 7) is 0. The summed E-state index contributed by atoms with van der Waals surface area (Å²) in [5.74, 6) is 0. The van der Waals surface area contributed by atoms with Gasteiger partial charge in [0.15, 0.2) is 0 Å². The van der Waals surface area contributed by atoms with E-state index in [2.05, 4.69) is 20.5 Å². The Labute approximate surface area is 199 Å². The molecule has 0 bridgehead atoms. The van der Waals surface area contributed by atoms with Crippen molar-refractivity contribution in [2.75, 3.05) is 5.73 Å². The lowest BCUT2D eigenvalue weighted by Gasteiger charge is -2.06. The van der Waals surface area contributed by atoms with Crippen LogP contribution < -0.4 is 5.73 Å². The second-order valence-electron chi connectivity index (χ2n) is 6.69. The fourth-order valence-corrected chi connectivity index (χ4v) is 4.12. The largest absolute Gasteiger partial charge is 0.397 e. The molecule has 0 radical (unpaired) electrons. The Kier molecular flexibility index (Phi) is 7.11. The van der Waals surface area contributed by atoms with Crippen molar-refractivity contribution in [3.8, 4) is 0 Å². The lowest BCUT2D eigenvalue weighted by atomic mass is 10.2. The number of nitrogens with two attached hydrogens (primary N) is 1. The quantitative estimate of drug-likeness (QED) is 0.191. The number of nitrogen functional groups attached to an aromatic ring is 1. The van der Waals surface area contributed by atoms with Crippen molar-refractivity contribution >= 4 is 58.8 Å². The predicted octanol–water partition coefficient (Wildman–Crippen LogP) is 3.84. The van der Waals surface area contributed by atoms with Crippen LogP contribution in [0.2, 0.25) is 0 Å². The fourth-order valence-electron chi connectivity index (χ4n) is 2.54. The summed E-state index contributed by atoms with van der Waals surface area (Å²) < 4.78 is 95.6. The van der Waals surface area contributed by atoms with E-state index in [1.165, 1.54) is 24.3 Å². The van der Waals surface area contributed by atoms with Gasteiger partial charge in [-0.1, -0.05) is 0 Å². The molecule has 0 aliphatic carbocycles. The minimum absolute atomic E-state index is 0.0920. The van der Waals surface area contributed by atoms with E-state index in [9.17, 15) is 29.8 Å². The van der Waals surface area contributed by atoms with Gasteiger partial charge in [-0.15, -0.1) is 10.2 Å². The first kappa shape index (κ1) is 26.0. The first-order valence-electron chi connectivity index (χ1n) is 9.04. The molecule has 3 aromatic rings. The van der Waals surface area contributed by atoms with Gasteiger partial charge >= 0.3 is 0 Å². The van der Waals surface area contributed by atoms with Crippen molar-refractivity contribution in [1.82, 2.24) is 0 Å². The van der Waals surface area contributed by atoms with Gasteiger partial charge in [-0.25, -0.2) is 0 Å². The number of azo groups is 2. The van der Waals surface area contributed by atoms with E-state index in [1.807, 2.05) is 0 Å². The van der Waals surface area contributed by atoms with Crippen LogP contribution in [-0.4, -0.2) is 38.9 Å². The highest BCUT2D eigenvalue weighted by Gasteiger charge is 2.19. The Hall–Kier alpha value is -3.61. The van der Waals surface area contributed by atoms with Crippen molar-refractivity contribution in [2.24, 2.45) is 20.5 Å². The summed E-state index contributed by atoms with van der Waals surface area (Å²) in [5, 5.41) is 15.1. The number of hydrogen-bond acceptors (Lipinski definition) is 11. The third kappa shape index (κ3) is 6.72. The van der Waals surface area contributed by atoms with E-state index < -0.39 is 35.2 Å². The Balaban J connectivity index is 1.95. The Morgan fingerprint density at radius 1 is 0.543 bits per heavy atom. The van der Waals surface area contributed by atoms with Gasteiger partial charge < -0.3 is 5.73 Å². The first-order chi connectivity index (χ1) is 16.1. The molecule has 0 aromatic heterocycles. The Morgan fingerprint density at radius 3 is 1.31 bits per heavy atom. The lowest BCUT2D eigenvalue weighted by molar-refractivity contribution is 0.481. The minimum Gasteiger partial charge on any atom is -0.397 e. The molecular formula is C18H15N5O9S3.